The molecule has 0 unspecified atom stereocenters. The number of carbonyl (C=O) groups is 1. The Kier molecular flexibility index (Phi) is 6.31. The van der Waals surface area contributed by atoms with Crippen LogP contribution < -0.4 is 10.1 Å². The molecule has 170 valence electrons. The van der Waals surface area contributed by atoms with Gasteiger partial charge in [0.1, 0.15) is 10.8 Å². The van der Waals surface area contributed by atoms with Gasteiger partial charge in [-0.25, -0.2) is 9.50 Å². The monoisotopic (exact) mass is 538 g/mol. The van der Waals surface area contributed by atoms with Crippen molar-refractivity contribution in [2.75, 3.05) is 7.11 Å². The highest BCUT2D eigenvalue weighted by Gasteiger charge is 2.36. The van der Waals surface area contributed by atoms with Crippen molar-refractivity contribution < 1.29 is 22.7 Å². The maximum atomic E-state index is 13.8. The molecule has 1 amide bonds. The van der Waals surface area contributed by atoms with Gasteiger partial charge in [0.05, 0.1) is 12.8 Å². The minimum Gasteiger partial charge on any atom is -0.497 e. The number of hydrogen-bond donors (Lipinski definition) is 1. The van der Waals surface area contributed by atoms with E-state index in [0.29, 0.717) is 15.8 Å². The Hall–Kier alpha value is -3.11. The second-order valence-corrected chi connectivity index (χ2v) is 8.25. The Morgan fingerprint density at radius 2 is 1.82 bits per heavy atom. The number of halogens is 5. The van der Waals surface area contributed by atoms with Crippen LogP contribution in [-0.4, -0.2) is 27.6 Å². The fourth-order valence-electron chi connectivity index (χ4n) is 3.12. The molecule has 0 bridgehead atoms. The van der Waals surface area contributed by atoms with Crippen molar-refractivity contribution >= 4 is 39.1 Å². The Balaban J connectivity index is 1.71. The molecule has 6 nitrogen and oxygen atoms in total. The standard InChI is InChI=1S/C22H15BrClF3N4O2/c1-33-15-8-2-12(3-9-15)11-28-21(32)19-18(24)20-29-16(13-4-6-14(23)7-5-13)10-17(22(25,26)27)31(20)30-19/h2-10H,11H2,1H3,(H,28,32). The van der Waals surface area contributed by atoms with Gasteiger partial charge >= 0.3 is 6.18 Å². The Morgan fingerprint density at radius 1 is 1.15 bits per heavy atom. The molecule has 0 aliphatic rings. The van der Waals surface area contributed by atoms with Crippen molar-refractivity contribution in [3.63, 3.8) is 0 Å². The molecular formula is C22H15BrClF3N4O2. The normalized spacial score (nSPS) is 11.6. The summed E-state index contributed by atoms with van der Waals surface area (Å²) in [6.07, 6.45) is -4.75. The summed E-state index contributed by atoms with van der Waals surface area (Å²) < 4.78 is 47.8. The molecule has 0 saturated heterocycles. The minimum absolute atomic E-state index is 0.0503. The van der Waals surface area contributed by atoms with Crippen LogP contribution in [0.25, 0.3) is 16.9 Å². The van der Waals surface area contributed by atoms with Crippen LogP contribution in [0.4, 0.5) is 13.2 Å². The van der Waals surface area contributed by atoms with E-state index in [9.17, 15) is 18.0 Å². The maximum Gasteiger partial charge on any atom is 0.433 e. The van der Waals surface area contributed by atoms with Crippen molar-refractivity contribution in [2.45, 2.75) is 12.7 Å². The number of benzene rings is 2. The van der Waals surface area contributed by atoms with Gasteiger partial charge in [-0.05, 0) is 35.9 Å². The topological polar surface area (TPSA) is 68.5 Å². The maximum absolute atomic E-state index is 13.8. The van der Waals surface area contributed by atoms with Crippen LogP contribution >= 0.6 is 27.5 Å². The third-order valence-corrected chi connectivity index (χ3v) is 5.67. The summed E-state index contributed by atoms with van der Waals surface area (Å²) in [6.45, 7) is 0.122. The minimum atomic E-state index is -4.75. The van der Waals surface area contributed by atoms with Gasteiger partial charge in [-0.3, -0.25) is 4.79 Å². The summed E-state index contributed by atoms with van der Waals surface area (Å²) in [6, 6.07) is 14.4. The average Bonchev–Trinajstić information content (AvgIpc) is 3.13. The van der Waals surface area contributed by atoms with Crippen LogP contribution in [0.5, 0.6) is 5.75 Å². The van der Waals surface area contributed by atoms with E-state index >= 15 is 0 Å². The lowest BCUT2D eigenvalue weighted by Gasteiger charge is -2.11. The van der Waals surface area contributed by atoms with Crippen molar-refractivity contribution in [3.8, 4) is 17.0 Å². The van der Waals surface area contributed by atoms with Gasteiger partial charge in [-0.1, -0.05) is 51.8 Å². The van der Waals surface area contributed by atoms with E-state index in [1.807, 2.05) is 0 Å². The average molecular weight is 540 g/mol. The van der Waals surface area contributed by atoms with Crippen molar-refractivity contribution in [1.82, 2.24) is 19.9 Å². The molecule has 0 radical (unpaired) electrons. The molecular weight excluding hydrogens is 525 g/mol. The van der Waals surface area contributed by atoms with E-state index in [1.54, 1.807) is 48.5 Å². The number of hydrogen-bond acceptors (Lipinski definition) is 4. The lowest BCUT2D eigenvalue weighted by atomic mass is 10.1. The highest BCUT2D eigenvalue weighted by Crippen LogP contribution is 2.34. The number of nitrogens with one attached hydrogen (secondary N) is 1. The van der Waals surface area contributed by atoms with Crippen molar-refractivity contribution in [2.24, 2.45) is 0 Å². The first-order valence-corrected chi connectivity index (χ1v) is 10.7. The molecule has 0 aliphatic carbocycles. The van der Waals surface area contributed by atoms with Gasteiger partial charge in [0.15, 0.2) is 17.0 Å². The number of ether oxygens (including phenoxy) is 1. The lowest BCUT2D eigenvalue weighted by molar-refractivity contribution is -0.142. The largest absolute Gasteiger partial charge is 0.497 e. The molecule has 0 aliphatic heterocycles. The molecule has 4 aromatic rings. The molecule has 0 atom stereocenters. The zero-order chi connectivity index (χ0) is 23.8. The number of alkyl halides is 3. The van der Waals surface area contributed by atoms with Gasteiger partial charge < -0.3 is 10.1 Å². The van der Waals surface area contributed by atoms with Crippen molar-refractivity contribution in [1.29, 1.82) is 0 Å². The second-order valence-electron chi connectivity index (χ2n) is 6.96. The lowest BCUT2D eigenvalue weighted by Crippen LogP contribution is -2.23. The van der Waals surface area contributed by atoms with Gasteiger partial charge in [-0.2, -0.15) is 18.3 Å². The highest BCUT2D eigenvalue weighted by molar-refractivity contribution is 9.10. The summed E-state index contributed by atoms with van der Waals surface area (Å²) in [7, 11) is 1.54. The zero-order valence-corrected chi connectivity index (χ0v) is 19.3. The number of carbonyl (C=O) groups excluding carboxylic acids is 1. The number of nitrogens with zero attached hydrogens (tertiary/aromatic N) is 3. The van der Waals surface area contributed by atoms with E-state index in [1.165, 1.54) is 7.11 Å². The molecule has 2 heterocycles. The van der Waals surface area contributed by atoms with E-state index in [4.69, 9.17) is 16.3 Å². The molecule has 0 saturated carbocycles. The fraction of sp³-hybridized carbons (Fsp3) is 0.136. The molecule has 0 fully saturated rings. The quantitative estimate of drug-likeness (QED) is 0.350. The number of amides is 1. The highest BCUT2D eigenvalue weighted by atomic mass is 79.9. The Labute approximate surface area is 199 Å². The second kappa shape index (κ2) is 9.03. The molecule has 4 rings (SSSR count). The zero-order valence-electron chi connectivity index (χ0n) is 17.0. The van der Waals surface area contributed by atoms with E-state index < -0.39 is 17.8 Å². The van der Waals surface area contributed by atoms with Crippen LogP contribution in [0.2, 0.25) is 5.02 Å². The SMILES string of the molecule is COc1ccc(CNC(=O)c2nn3c(C(F)(F)F)cc(-c4ccc(Br)cc4)nc3c2Cl)cc1. The first kappa shape index (κ1) is 23.1. The third-order valence-electron chi connectivity index (χ3n) is 4.79. The van der Waals surface area contributed by atoms with Crippen molar-refractivity contribution in [3.05, 3.63) is 81.0 Å². The molecule has 11 heteroatoms. The summed E-state index contributed by atoms with van der Waals surface area (Å²) >= 11 is 9.57. The first-order valence-electron chi connectivity index (χ1n) is 9.51. The van der Waals surface area contributed by atoms with Crippen LogP contribution in [0.1, 0.15) is 21.7 Å². The van der Waals surface area contributed by atoms with E-state index in [-0.39, 0.29) is 28.6 Å². The van der Waals surface area contributed by atoms with Crippen LogP contribution in [0.3, 0.4) is 0 Å². The van der Waals surface area contributed by atoms with Crippen LogP contribution in [0.15, 0.2) is 59.1 Å². The van der Waals surface area contributed by atoms with Gasteiger partial charge in [-0.15, -0.1) is 0 Å². The summed E-state index contributed by atoms with van der Waals surface area (Å²) in [5, 5.41) is 6.17. The van der Waals surface area contributed by atoms with Gasteiger partial charge in [0.2, 0.25) is 0 Å². The first-order chi connectivity index (χ1) is 15.7. The predicted molar refractivity (Wildman–Crippen MR) is 120 cm³/mol. The smallest absolute Gasteiger partial charge is 0.433 e. The number of methoxy groups -OCH3 is 1. The number of aromatic nitrogens is 3. The Bertz CT molecular complexity index is 1320. The van der Waals surface area contributed by atoms with Gasteiger partial charge in [0, 0.05) is 16.6 Å². The summed E-state index contributed by atoms with van der Waals surface area (Å²) in [4.78, 5) is 16.9. The summed E-state index contributed by atoms with van der Waals surface area (Å²) in [5.74, 6) is -0.0690. The number of fused-ring (bicyclic) bond motifs is 1. The van der Waals surface area contributed by atoms with Crippen LogP contribution in [0, 0.1) is 0 Å². The van der Waals surface area contributed by atoms with E-state index in [0.717, 1.165) is 16.1 Å². The predicted octanol–water partition coefficient (Wildman–Crippen LogP) is 5.77. The molecule has 2 aromatic carbocycles. The molecule has 2 aromatic heterocycles. The summed E-state index contributed by atoms with van der Waals surface area (Å²) in [5.41, 5.74) is -0.448. The number of rotatable bonds is 5. The fourth-order valence-corrected chi connectivity index (χ4v) is 3.63. The molecule has 33 heavy (non-hydrogen) atoms. The van der Waals surface area contributed by atoms with Gasteiger partial charge in [0.25, 0.3) is 5.91 Å². The van der Waals surface area contributed by atoms with Crippen LogP contribution in [-0.2, 0) is 12.7 Å². The molecule has 0 spiro atoms. The molecule has 1 N–H and O–H groups in total. The third kappa shape index (κ3) is 4.81. The Morgan fingerprint density at radius 3 is 2.42 bits per heavy atom. The van der Waals surface area contributed by atoms with E-state index in [2.05, 4.69) is 31.3 Å².